The first-order chi connectivity index (χ1) is 13.3. The van der Waals surface area contributed by atoms with Crippen molar-refractivity contribution < 1.29 is 9.53 Å². The first-order valence-electron chi connectivity index (χ1n) is 8.37. The summed E-state index contributed by atoms with van der Waals surface area (Å²) in [4.78, 5) is 37.5. The fourth-order valence-electron chi connectivity index (χ4n) is 2.71. The van der Waals surface area contributed by atoms with Crippen LogP contribution in [0.1, 0.15) is 17.3 Å². The van der Waals surface area contributed by atoms with E-state index >= 15 is 0 Å². The summed E-state index contributed by atoms with van der Waals surface area (Å²) in [7, 11) is 2.90. The standard InChI is InChI=1S/C18H18N4O4S2/c1-4-26-16(24)11-12-13(15(23)22(3)18(25)21(12)2)28-14(11)20-17(27)19-10-8-6-5-7-9-10/h5-9H,4H2,1-3H3,(H2,19,20,27). The van der Waals surface area contributed by atoms with E-state index in [2.05, 4.69) is 10.6 Å². The topological polar surface area (TPSA) is 94.4 Å². The molecule has 2 N–H and O–H groups in total. The summed E-state index contributed by atoms with van der Waals surface area (Å²) in [6.45, 7) is 1.83. The van der Waals surface area contributed by atoms with Crippen LogP contribution in [0.5, 0.6) is 0 Å². The molecule has 0 spiro atoms. The van der Waals surface area contributed by atoms with Crippen LogP contribution >= 0.6 is 23.6 Å². The van der Waals surface area contributed by atoms with Gasteiger partial charge in [-0.2, -0.15) is 0 Å². The summed E-state index contributed by atoms with van der Waals surface area (Å²) >= 11 is 6.38. The van der Waals surface area contributed by atoms with Crippen LogP contribution in [0.4, 0.5) is 10.7 Å². The number of aryl methyl sites for hydroxylation is 1. The molecule has 0 radical (unpaired) electrons. The van der Waals surface area contributed by atoms with Gasteiger partial charge in [0, 0.05) is 19.8 Å². The second-order valence-electron chi connectivity index (χ2n) is 5.86. The fraction of sp³-hybridized carbons (Fsp3) is 0.222. The highest BCUT2D eigenvalue weighted by atomic mass is 32.1. The molecule has 8 nitrogen and oxygen atoms in total. The third-order valence-electron chi connectivity index (χ3n) is 4.03. The average Bonchev–Trinajstić information content (AvgIpc) is 3.04. The van der Waals surface area contributed by atoms with Gasteiger partial charge in [-0.25, -0.2) is 9.59 Å². The second kappa shape index (κ2) is 7.95. The molecule has 28 heavy (non-hydrogen) atoms. The van der Waals surface area contributed by atoms with Crippen molar-refractivity contribution >= 4 is 55.5 Å². The molecule has 1 aromatic carbocycles. The quantitative estimate of drug-likeness (QED) is 0.496. The number of fused-ring (bicyclic) bond motifs is 1. The van der Waals surface area contributed by atoms with Crippen molar-refractivity contribution in [3.8, 4) is 0 Å². The van der Waals surface area contributed by atoms with E-state index in [4.69, 9.17) is 17.0 Å². The monoisotopic (exact) mass is 418 g/mol. The number of ether oxygens (including phenoxy) is 1. The molecule has 146 valence electrons. The third-order valence-corrected chi connectivity index (χ3v) is 5.32. The van der Waals surface area contributed by atoms with E-state index < -0.39 is 17.2 Å². The van der Waals surface area contributed by atoms with Gasteiger partial charge in [0.2, 0.25) is 0 Å². The molecule has 0 unspecified atom stereocenters. The largest absolute Gasteiger partial charge is 0.462 e. The molecule has 0 fully saturated rings. The van der Waals surface area contributed by atoms with Crippen LogP contribution in [0, 0.1) is 0 Å². The van der Waals surface area contributed by atoms with Crippen LogP contribution < -0.4 is 21.9 Å². The number of thiophene rings is 1. The first-order valence-corrected chi connectivity index (χ1v) is 9.60. The van der Waals surface area contributed by atoms with Crippen LogP contribution in [0.2, 0.25) is 0 Å². The lowest BCUT2D eigenvalue weighted by atomic mass is 10.2. The summed E-state index contributed by atoms with van der Waals surface area (Å²) in [5.74, 6) is -0.637. The van der Waals surface area contributed by atoms with E-state index in [1.165, 1.54) is 18.7 Å². The van der Waals surface area contributed by atoms with Crippen LogP contribution in [-0.4, -0.2) is 26.8 Å². The Kier molecular flexibility index (Phi) is 5.61. The maximum Gasteiger partial charge on any atom is 0.343 e. The van der Waals surface area contributed by atoms with Crippen molar-refractivity contribution in [1.82, 2.24) is 9.13 Å². The molecule has 0 amide bonds. The van der Waals surface area contributed by atoms with Gasteiger partial charge in [-0.3, -0.25) is 13.9 Å². The minimum absolute atomic E-state index is 0.108. The Labute approximate surface area is 169 Å². The van der Waals surface area contributed by atoms with Crippen molar-refractivity contribution in [2.24, 2.45) is 14.1 Å². The van der Waals surface area contributed by atoms with Gasteiger partial charge < -0.3 is 15.4 Å². The maximum atomic E-state index is 12.6. The van der Waals surface area contributed by atoms with E-state index in [0.29, 0.717) is 5.00 Å². The number of nitrogens with zero attached hydrogens (tertiary/aromatic N) is 2. The zero-order chi connectivity index (χ0) is 20.4. The molecule has 0 atom stereocenters. The molecule has 2 aromatic heterocycles. The van der Waals surface area contributed by atoms with Gasteiger partial charge in [0.25, 0.3) is 5.56 Å². The molecule has 10 heteroatoms. The van der Waals surface area contributed by atoms with Crippen LogP contribution in [0.25, 0.3) is 10.2 Å². The van der Waals surface area contributed by atoms with E-state index in [1.807, 2.05) is 30.3 Å². The Bertz CT molecular complexity index is 1180. The maximum absolute atomic E-state index is 12.6. The van der Waals surface area contributed by atoms with Gasteiger partial charge >= 0.3 is 11.7 Å². The number of thiocarbonyl (C=S) groups is 1. The van der Waals surface area contributed by atoms with Crippen LogP contribution in [0.3, 0.4) is 0 Å². The highest BCUT2D eigenvalue weighted by molar-refractivity contribution is 7.80. The molecular formula is C18H18N4O4S2. The number of benzene rings is 1. The summed E-state index contributed by atoms with van der Waals surface area (Å²) in [5.41, 5.74) is 0.0843. The zero-order valence-electron chi connectivity index (χ0n) is 15.4. The molecule has 0 saturated heterocycles. The highest BCUT2D eigenvalue weighted by Gasteiger charge is 2.26. The third kappa shape index (κ3) is 3.56. The summed E-state index contributed by atoms with van der Waals surface area (Å²) < 4.78 is 7.66. The van der Waals surface area contributed by atoms with E-state index in [9.17, 15) is 14.4 Å². The summed E-state index contributed by atoms with van der Waals surface area (Å²) in [6.07, 6.45) is 0. The number of carbonyl (C=O) groups is 1. The van der Waals surface area contributed by atoms with Gasteiger partial charge in [-0.05, 0) is 31.3 Å². The van der Waals surface area contributed by atoms with Crippen molar-refractivity contribution in [1.29, 1.82) is 0 Å². The summed E-state index contributed by atoms with van der Waals surface area (Å²) in [5, 5.41) is 6.54. The van der Waals surface area contributed by atoms with Gasteiger partial charge in [0.1, 0.15) is 15.3 Å². The lowest BCUT2D eigenvalue weighted by Crippen LogP contribution is -2.36. The Balaban J connectivity index is 2.12. The lowest BCUT2D eigenvalue weighted by Gasteiger charge is -2.11. The minimum atomic E-state index is -0.637. The molecule has 0 aliphatic rings. The molecule has 3 aromatic rings. The number of hydrogen-bond acceptors (Lipinski definition) is 6. The van der Waals surface area contributed by atoms with Crippen molar-refractivity contribution in [3.63, 3.8) is 0 Å². The smallest absolute Gasteiger partial charge is 0.343 e. The van der Waals surface area contributed by atoms with Gasteiger partial charge in [-0.1, -0.05) is 18.2 Å². The normalized spacial score (nSPS) is 10.7. The Hall–Kier alpha value is -2.98. The van der Waals surface area contributed by atoms with Crippen molar-refractivity contribution in [2.45, 2.75) is 6.92 Å². The Morgan fingerprint density at radius 1 is 1.14 bits per heavy atom. The number of rotatable bonds is 4. The molecule has 0 aliphatic heterocycles. The number of esters is 1. The summed E-state index contributed by atoms with van der Waals surface area (Å²) in [6, 6.07) is 9.26. The van der Waals surface area contributed by atoms with Crippen molar-refractivity contribution in [3.05, 3.63) is 56.7 Å². The van der Waals surface area contributed by atoms with Gasteiger partial charge in [0.05, 0.1) is 12.1 Å². The van der Waals surface area contributed by atoms with Crippen LogP contribution in [0.15, 0.2) is 39.9 Å². The number of nitrogens with one attached hydrogen (secondary N) is 2. The molecule has 3 rings (SSSR count). The number of aromatic nitrogens is 2. The van der Waals surface area contributed by atoms with E-state index in [1.54, 1.807) is 6.92 Å². The number of hydrogen-bond donors (Lipinski definition) is 2. The van der Waals surface area contributed by atoms with Gasteiger partial charge in [0.15, 0.2) is 5.11 Å². The number of para-hydroxylation sites is 1. The Morgan fingerprint density at radius 2 is 1.82 bits per heavy atom. The predicted octanol–water partition coefficient (Wildman–Crippen LogP) is 2.28. The molecule has 0 bridgehead atoms. The predicted molar refractivity (Wildman–Crippen MR) is 115 cm³/mol. The van der Waals surface area contributed by atoms with E-state index in [-0.39, 0.29) is 27.5 Å². The number of anilines is 2. The van der Waals surface area contributed by atoms with E-state index in [0.717, 1.165) is 21.6 Å². The first kappa shape index (κ1) is 19.8. The van der Waals surface area contributed by atoms with Crippen molar-refractivity contribution in [2.75, 3.05) is 17.2 Å². The average molecular weight is 419 g/mol. The zero-order valence-corrected chi connectivity index (χ0v) is 17.1. The molecular weight excluding hydrogens is 400 g/mol. The Morgan fingerprint density at radius 3 is 2.46 bits per heavy atom. The highest BCUT2D eigenvalue weighted by Crippen LogP contribution is 2.33. The SMILES string of the molecule is CCOC(=O)c1c(NC(=S)Nc2ccccc2)sc2c(=O)n(C)c(=O)n(C)c12. The minimum Gasteiger partial charge on any atom is -0.462 e. The fourth-order valence-corrected chi connectivity index (χ4v) is 4.20. The number of carbonyl (C=O) groups excluding carboxylic acids is 1. The van der Waals surface area contributed by atoms with Gasteiger partial charge in [-0.15, -0.1) is 11.3 Å². The molecule has 0 saturated carbocycles. The molecule has 0 aliphatic carbocycles. The second-order valence-corrected chi connectivity index (χ2v) is 7.28. The lowest BCUT2D eigenvalue weighted by molar-refractivity contribution is 0.0530. The van der Waals surface area contributed by atoms with Crippen LogP contribution in [-0.2, 0) is 18.8 Å². The molecule has 2 heterocycles.